The summed E-state index contributed by atoms with van der Waals surface area (Å²) in [6.45, 7) is 1.57. The van der Waals surface area contributed by atoms with Gasteiger partial charge in [0, 0.05) is 11.8 Å². The van der Waals surface area contributed by atoms with Crippen molar-refractivity contribution in [2.45, 2.75) is 6.92 Å². The molecule has 2 rings (SSSR count). The number of hydrogen-bond acceptors (Lipinski definition) is 4. The second-order valence-corrected chi connectivity index (χ2v) is 4.16. The summed E-state index contributed by atoms with van der Waals surface area (Å²) in [5.74, 6) is -1.22. The van der Waals surface area contributed by atoms with Crippen LogP contribution in [0.25, 0.3) is 0 Å². The lowest BCUT2D eigenvalue weighted by Crippen LogP contribution is -1.98. The minimum atomic E-state index is -0.789. The van der Waals surface area contributed by atoms with Crippen LogP contribution < -0.4 is 4.74 Å². The highest BCUT2D eigenvalue weighted by Crippen LogP contribution is 2.34. The number of nitrogens with zero attached hydrogens (tertiary/aromatic N) is 2. The maximum atomic E-state index is 13.5. The van der Waals surface area contributed by atoms with E-state index in [-0.39, 0.29) is 22.3 Å². The molecule has 0 aliphatic heterocycles. The van der Waals surface area contributed by atoms with Crippen molar-refractivity contribution < 1.29 is 14.1 Å². The quantitative estimate of drug-likeness (QED) is 0.633. The molecule has 0 N–H and O–H groups in total. The molecule has 1 aromatic carbocycles. The molecule has 0 saturated carbocycles. The van der Waals surface area contributed by atoms with Crippen molar-refractivity contribution in [3.05, 3.63) is 57.0 Å². The third-order valence-corrected chi connectivity index (χ3v) is 2.57. The van der Waals surface area contributed by atoms with Crippen molar-refractivity contribution in [1.29, 1.82) is 0 Å². The number of hydrogen-bond donors (Lipinski definition) is 0. The Morgan fingerprint density at radius 3 is 2.84 bits per heavy atom. The van der Waals surface area contributed by atoms with Gasteiger partial charge in [-0.05, 0) is 19.1 Å². The maximum Gasteiger partial charge on any atom is 0.314 e. The van der Waals surface area contributed by atoms with Gasteiger partial charge in [-0.15, -0.1) is 0 Å². The Hall–Kier alpha value is -2.21. The molecule has 0 saturated heterocycles. The van der Waals surface area contributed by atoms with E-state index in [1.54, 1.807) is 19.1 Å². The number of aryl methyl sites for hydroxylation is 1. The number of rotatable bonds is 3. The Labute approximate surface area is 112 Å². The first-order valence-electron chi connectivity index (χ1n) is 5.22. The molecule has 0 aliphatic rings. The minimum absolute atomic E-state index is 0.0706. The van der Waals surface area contributed by atoms with Gasteiger partial charge >= 0.3 is 5.69 Å². The summed E-state index contributed by atoms with van der Waals surface area (Å²) in [7, 11) is 0. The fraction of sp³-hybridized carbons (Fsp3) is 0.0833. The molecule has 5 nitrogen and oxygen atoms in total. The zero-order valence-electron chi connectivity index (χ0n) is 9.76. The number of aromatic nitrogens is 1. The average molecular weight is 283 g/mol. The van der Waals surface area contributed by atoms with Crippen molar-refractivity contribution in [1.82, 2.24) is 4.98 Å². The van der Waals surface area contributed by atoms with Gasteiger partial charge in [0.05, 0.1) is 9.95 Å². The molecule has 0 atom stereocenters. The topological polar surface area (TPSA) is 65.3 Å². The third-order valence-electron chi connectivity index (χ3n) is 2.36. The number of nitro groups is 1. The minimum Gasteiger partial charge on any atom is -0.429 e. The lowest BCUT2D eigenvalue weighted by molar-refractivity contribution is -0.386. The molecule has 0 fully saturated rings. The van der Waals surface area contributed by atoms with Gasteiger partial charge in [0.2, 0.25) is 5.75 Å². The Bertz CT molecular complexity index is 649. The van der Waals surface area contributed by atoms with Crippen LogP contribution in [0.2, 0.25) is 5.02 Å². The smallest absolute Gasteiger partial charge is 0.314 e. The molecule has 0 amide bonds. The van der Waals surface area contributed by atoms with Crippen LogP contribution in [-0.4, -0.2) is 9.91 Å². The van der Waals surface area contributed by atoms with E-state index in [9.17, 15) is 14.5 Å². The van der Waals surface area contributed by atoms with Gasteiger partial charge in [0.15, 0.2) is 5.82 Å². The van der Waals surface area contributed by atoms with Gasteiger partial charge in [-0.1, -0.05) is 23.7 Å². The van der Waals surface area contributed by atoms with E-state index in [0.29, 0.717) is 5.56 Å². The molecular weight excluding hydrogens is 275 g/mol. The Kier molecular flexibility index (Phi) is 3.62. The number of benzene rings is 1. The number of halogens is 2. The van der Waals surface area contributed by atoms with Crippen LogP contribution in [0.15, 0.2) is 30.5 Å². The summed E-state index contributed by atoms with van der Waals surface area (Å²) < 4.78 is 18.7. The molecule has 0 radical (unpaired) electrons. The van der Waals surface area contributed by atoms with Crippen LogP contribution in [0.3, 0.4) is 0 Å². The fourth-order valence-corrected chi connectivity index (χ4v) is 1.67. The van der Waals surface area contributed by atoms with Crippen LogP contribution in [0, 0.1) is 22.9 Å². The first-order chi connectivity index (χ1) is 8.99. The molecule has 1 heterocycles. The third kappa shape index (κ3) is 2.79. The fourth-order valence-electron chi connectivity index (χ4n) is 1.53. The van der Waals surface area contributed by atoms with Gasteiger partial charge in [0.25, 0.3) is 5.88 Å². The van der Waals surface area contributed by atoms with E-state index in [0.717, 1.165) is 6.07 Å². The molecule has 0 unspecified atom stereocenters. The first kappa shape index (κ1) is 13.2. The van der Waals surface area contributed by atoms with Crippen LogP contribution in [0.1, 0.15) is 5.56 Å². The van der Waals surface area contributed by atoms with Gasteiger partial charge in [-0.2, -0.15) is 0 Å². The summed E-state index contributed by atoms with van der Waals surface area (Å²) in [6.07, 6.45) is 1.20. The molecule has 98 valence electrons. The highest BCUT2D eigenvalue weighted by molar-refractivity contribution is 6.30. The van der Waals surface area contributed by atoms with Crippen LogP contribution in [0.5, 0.6) is 11.6 Å². The van der Waals surface area contributed by atoms with E-state index in [2.05, 4.69) is 4.98 Å². The molecule has 0 bridgehead atoms. The monoisotopic (exact) mass is 282 g/mol. The van der Waals surface area contributed by atoms with Gasteiger partial charge in [-0.3, -0.25) is 10.1 Å². The second kappa shape index (κ2) is 5.19. The summed E-state index contributed by atoms with van der Waals surface area (Å²) in [5.41, 5.74) is 0.190. The van der Waals surface area contributed by atoms with Crippen molar-refractivity contribution in [2.75, 3.05) is 0 Å². The Morgan fingerprint density at radius 1 is 1.47 bits per heavy atom. The van der Waals surface area contributed by atoms with Crippen LogP contribution in [0.4, 0.5) is 10.1 Å². The Balaban J connectivity index is 2.44. The lowest BCUT2D eigenvalue weighted by Gasteiger charge is -2.07. The Morgan fingerprint density at radius 2 is 2.21 bits per heavy atom. The highest BCUT2D eigenvalue weighted by atomic mass is 35.5. The number of nitro benzene ring substituents is 1. The summed E-state index contributed by atoms with van der Waals surface area (Å²) in [6, 6.07) is 5.54. The van der Waals surface area contributed by atoms with Crippen molar-refractivity contribution in [3.63, 3.8) is 0 Å². The molecule has 0 aliphatic carbocycles. The first-order valence-corrected chi connectivity index (χ1v) is 5.59. The normalized spacial score (nSPS) is 10.3. The van der Waals surface area contributed by atoms with E-state index in [4.69, 9.17) is 16.3 Å². The predicted molar refractivity (Wildman–Crippen MR) is 67.1 cm³/mol. The van der Waals surface area contributed by atoms with E-state index in [1.165, 1.54) is 12.3 Å². The van der Waals surface area contributed by atoms with Crippen LogP contribution in [-0.2, 0) is 0 Å². The van der Waals surface area contributed by atoms with Crippen molar-refractivity contribution >= 4 is 17.3 Å². The molecule has 19 heavy (non-hydrogen) atoms. The SMILES string of the molecule is Cc1cccc(Oc2ncc(Cl)cc2F)c1[N+](=O)[O-]. The summed E-state index contributed by atoms with van der Waals surface area (Å²) in [5, 5.41) is 11.1. The highest BCUT2D eigenvalue weighted by Gasteiger charge is 2.20. The molecule has 2 aromatic rings. The van der Waals surface area contributed by atoms with Gasteiger partial charge in [0.1, 0.15) is 0 Å². The lowest BCUT2D eigenvalue weighted by atomic mass is 10.2. The molecule has 1 aromatic heterocycles. The zero-order chi connectivity index (χ0) is 14.0. The number of ether oxygens (including phenoxy) is 1. The van der Waals surface area contributed by atoms with Gasteiger partial charge in [-0.25, -0.2) is 9.37 Å². The van der Waals surface area contributed by atoms with E-state index >= 15 is 0 Å². The zero-order valence-corrected chi connectivity index (χ0v) is 10.5. The molecule has 0 spiro atoms. The van der Waals surface area contributed by atoms with Crippen molar-refractivity contribution in [3.8, 4) is 11.6 Å². The maximum absolute atomic E-state index is 13.5. The van der Waals surface area contributed by atoms with Crippen LogP contribution >= 0.6 is 11.6 Å². The standard InChI is InChI=1S/C12H8ClFN2O3/c1-7-3-2-4-10(11(7)16(17)18)19-12-9(14)5-8(13)6-15-12/h2-6H,1H3. The summed E-state index contributed by atoms with van der Waals surface area (Å²) in [4.78, 5) is 14.0. The van der Waals surface area contributed by atoms with Crippen molar-refractivity contribution in [2.24, 2.45) is 0 Å². The van der Waals surface area contributed by atoms with E-state index in [1.807, 2.05) is 0 Å². The molecular formula is C12H8ClFN2O3. The largest absolute Gasteiger partial charge is 0.429 e. The summed E-state index contributed by atoms with van der Waals surface area (Å²) >= 11 is 5.56. The average Bonchev–Trinajstić information content (AvgIpc) is 2.32. The second-order valence-electron chi connectivity index (χ2n) is 3.72. The predicted octanol–water partition coefficient (Wildman–Crippen LogP) is 3.88. The number of pyridine rings is 1. The molecule has 7 heteroatoms. The number of para-hydroxylation sites is 1. The van der Waals surface area contributed by atoms with E-state index < -0.39 is 10.7 Å². The van der Waals surface area contributed by atoms with Gasteiger partial charge < -0.3 is 4.74 Å².